The molecule has 0 radical (unpaired) electrons. The van der Waals surface area contributed by atoms with E-state index in [2.05, 4.69) is 22.5 Å². The summed E-state index contributed by atoms with van der Waals surface area (Å²) in [5.41, 5.74) is 4.89. The van der Waals surface area contributed by atoms with E-state index < -0.39 is 23.2 Å². The fourth-order valence-electron chi connectivity index (χ4n) is 4.79. The van der Waals surface area contributed by atoms with Crippen LogP contribution in [0.25, 0.3) is 16.8 Å². The van der Waals surface area contributed by atoms with E-state index in [1.165, 1.54) is 29.2 Å². The number of carbonyl (C=O) groups excluding carboxylic acids is 1. The summed E-state index contributed by atoms with van der Waals surface area (Å²) in [7, 11) is 0. The van der Waals surface area contributed by atoms with Gasteiger partial charge in [-0.2, -0.15) is 5.10 Å². The van der Waals surface area contributed by atoms with E-state index in [4.69, 9.17) is 4.74 Å². The van der Waals surface area contributed by atoms with Crippen molar-refractivity contribution in [1.82, 2.24) is 15.1 Å². The van der Waals surface area contributed by atoms with E-state index in [0.29, 0.717) is 0 Å². The first kappa shape index (κ1) is 25.1. The molecule has 0 spiro atoms. The number of benzene rings is 3. The van der Waals surface area contributed by atoms with Crippen LogP contribution >= 0.6 is 0 Å². The standard InChI is InChI=1S/C28H26N4O6/c33-26(27(34)18-15-30-31(16-18)24-11-5-6-12-25(24)32(36)37)13-14-29-28(35)38-17-23-21-9-3-1-7-19(21)20-8-2-4-10-22(20)23/h1-12,15-16,23,26-27,33-34H,13-14,17H2,(H,29,35). The highest BCUT2D eigenvalue weighted by Gasteiger charge is 2.29. The summed E-state index contributed by atoms with van der Waals surface area (Å²) in [6.45, 7) is 0.253. The Kier molecular flexibility index (Phi) is 7.16. The molecule has 5 rings (SSSR count). The number of aliphatic hydroxyl groups excluding tert-OH is 2. The predicted molar refractivity (Wildman–Crippen MR) is 139 cm³/mol. The zero-order valence-corrected chi connectivity index (χ0v) is 20.3. The van der Waals surface area contributed by atoms with Crippen LogP contribution in [0.5, 0.6) is 0 Å². The summed E-state index contributed by atoms with van der Waals surface area (Å²) in [6, 6.07) is 22.2. The highest BCUT2D eigenvalue weighted by atomic mass is 16.6. The fraction of sp³-hybridized carbons (Fsp3) is 0.214. The molecule has 4 aromatic rings. The molecular weight excluding hydrogens is 488 g/mol. The lowest BCUT2D eigenvalue weighted by atomic mass is 9.98. The van der Waals surface area contributed by atoms with Crippen molar-refractivity contribution in [3.63, 3.8) is 0 Å². The number of hydrogen-bond donors (Lipinski definition) is 3. The Bertz CT molecular complexity index is 1420. The van der Waals surface area contributed by atoms with Crippen LogP contribution in [0.15, 0.2) is 85.2 Å². The number of carbonyl (C=O) groups is 1. The van der Waals surface area contributed by atoms with Gasteiger partial charge >= 0.3 is 6.09 Å². The van der Waals surface area contributed by atoms with Gasteiger partial charge in [0.25, 0.3) is 5.69 Å². The first-order valence-corrected chi connectivity index (χ1v) is 12.2. The highest BCUT2D eigenvalue weighted by molar-refractivity contribution is 5.79. The van der Waals surface area contributed by atoms with Crippen LogP contribution in [-0.4, -0.2) is 50.3 Å². The van der Waals surface area contributed by atoms with E-state index in [1.807, 2.05) is 36.4 Å². The van der Waals surface area contributed by atoms with Gasteiger partial charge in [0.2, 0.25) is 0 Å². The van der Waals surface area contributed by atoms with Crippen molar-refractivity contribution < 1.29 is 24.7 Å². The molecule has 10 nitrogen and oxygen atoms in total. The van der Waals surface area contributed by atoms with Crippen molar-refractivity contribution in [2.45, 2.75) is 24.5 Å². The van der Waals surface area contributed by atoms with Gasteiger partial charge in [0.1, 0.15) is 18.4 Å². The summed E-state index contributed by atoms with van der Waals surface area (Å²) in [5, 5.41) is 39.0. The molecule has 1 aromatic heterocycles. The molecular formula is C28H26N4O6. The second-order valence-electron chi connectivity index (χ2n) is 9.02. The Balaban J connectivity index is 1.13. The molecule has 3 aromatic carbocycles. The lowest BCUT2D eigenvalue weighted by Crippen LogP contribution is -2.30. The Morgan fingerprint density at radius 3 is 2.34 bits per heavy atom. The number of fused-ring (bicyclic) bond motifs is 3. The van der Waals surface area contributed by atoms with Crippen LogP contribution in [0.4, 0.5) is 10.5 Å². The van der Waals surface area contributed by atoms with Crippen LogP contribution < -0.4 is 5.32 Å². The van der Waals surface area contributed by atoms with E-state index >= 15 is 0 Å². The smallest absolute Gasteiger partial charge is 0.407 e. The third kappa shape index (κ3) is 4.99. The molecule has 38 heavy (non-hydrogen) atoms. The number of nitro benzene ring substituents is 1. The maximum atomic E-state index is 12.3. The number of aliphatic hydroxyl groups is 2. The molecule has 194 valence electrons. The van der Waals surface area contributed by atoms with Crippen molar-refractivity contribution in [2.75, 3.05) is 13.2 Å². The number of amides is 1. The van der Waals surface area contributed by atoms with Gasteiger partial charge in [-0.15, -0.1) is 0 Å². The van der Waals surface area contributed by atoms with E-state index in [1.54, 1.807) is 12.1 Å². The van der Waals surface area contributed by atoms with Gasteiger partial charge in [0, 0.05) is 30.3 Å². The largest absolute Gasteiger partial charge is 0.449 e. The summed E-state index contributed by atoms with van der Waals surface area (Å²) in [6.07, 6.45) is -0.290. The summed E-state index contributed by atoms with van der Waals surface area (Å²) >= 11 is 0. The second-order valence-corrected chi connectivity index (χ2v) is 9.02. The van der Waals surface area contributed by atoms with Gasteiger partial charge in [-0.1, -0.05) is 60.7 Å². The maximum absolute atomic E-state index is 12.3. The summed E-state index contributed by atoms with van der Waals surface area (Å²) < 4.78 is 6.76. The van der Waals surface area contributed by atoms with Gasteiger partial charge in [0.05, 0.1) is 17.2 Å². The Labute approximate surface area is 218 Å². The molecule has 0 fully saturated rings. The lowest BCUT2D eigenvalue weighted by Gasteiger charge is -2.17. The maximum Gasteiger partial charge on any atom is 0.407 e. The first-order valence-electron chi connectivity index (χ1n) is 12.2. The molecule has 3 N–H and O–H groups in total. The zero-order chi connectivity index (χ0) is 26.6. The second kappa shape index (κ2) is 10.8. The number of alkyl carbamates (subject to hydrolysis) is 1. The average Bonchev–Trinajstić information content (AvgIpc) is 3.55. The third-order valence-electron chi connectivity index (χ3n) is 6.69. The molecule has 0 saturated heterocycles. The Hall–Kier alpha value is -4.54. The van der Waals surface area contributed by atoms with Crippen molar-refractivity contribution >= 4 is 11.8 Å². The molecule has 0 aliphatic heterocycles. The first-order chi connectivity index (χ1) is 18.4. The van der Waals surface area contributed by atoms with Crippen LogP contribution in [0.1, 0.15) is 35.1 Å². The number of rotatable bonds is 9. The number of nitrogens with zero attached hydrogens (tertiary/aromatic N) is 3. The van der Waals surface area contributed by atoms with Crippen LogP contribution in [-0.2, 0) is 4.74 Å². The van der Waals surface area contributed by atoms with Crippen LogP contribution in [0.3, 0.4) is 0 Å². The summed E-state index contributed by atoms with van der Waals surface area (Å²) in [5.74, 6) is -0.0578. The number of para-hydroxylation sites is 2. The Morgan fingerprint density at radius 2 is 1.66 bits per heavy atom. The minimum Gasteiger partial charge on any atom is -0.449 e. The molecule has 1 amide bonds. The van der Waals surface area contributed by atoms with Crippen LogP contribution in [0, 0.1) is 10.1 Å². The zero-order valence-electron chi connectivity index (χ0n) is 20.3. The number of aromatic nitrogens is 2. The van der Waals surface area contributed by atoms with Crippen molar-refractivity contribution in [1.29, 1.82) is 0 Å². The number of nitrogens with one attached hydrogen (secondary N) is 1. The molecule has 0 saturated carbocycles. The van der Waals surface area contributed by atoms with Gasteiger partial charge in [-0.3, -0.25) is 10.1 Å². The minimum absolute atomic E-state index is 0.0576. The molecule has 1 heterocycles. The highest BCUT2D eigenvalue weighted by Crippen LogP contribution is 2.44. The van der Waals surface area contributed by atoms with Gasteiger partial charge in [-0.05, 0) is 34.7 Å². The minimum atomic E-state index is -1.30. The van der Waals surface area contributed by atoms with Crippen molar-refractivity contribution in [2.24, 2.45) is 0 Å². The molecule has 0 bridgehead atoms. The Morgan fingerprint density at radius 1 is 1.03 bits per heavy atom. The third-order valence-corrected chi connectivity index (χ3v) is 6.69. The average molecular weight is 515 g/mol. The molecule has 2 unspecified atom stereocenters. The topological polar surface area (TPSA) is 140 Å². The van der Waals surface area contributed by atoms with Crippen molar-refractivity contribution in [3.05, 3.63) is 112 Å². The quantitative estimate of drug-likeness (QED) is 0.226. The van der Waals surface area contributed by atoms with Gasteiger partial charge in [-0.25, -0.2) is 9.48 Å². The molecule has 1 aliphatic carbocycles. The normalized spacial score (nSPS) is 13.8. The SMILES string of the molecule is O=C(NCCC(O)C(O)c1cnn(-c2ccccc2[N+](=O)[O-])c1)OCC1c2ccccc2-c2ccccc21. The van der Waals surface area contributed by atoms with Crippen LogP contribution in [0.2, 0.25) is 0 Å². The van der Waals surface area contributed by atoms with E-state index in [-0.39, 0.29) is 42.4 Å². The number of nitro groups is 1. The molecule has 10 heteroatoms. The number of ether oxygens (including phenoxy) is 1. The molecule has 1 aliphatic rings. The van der Waals surface area contributed by atoms with E-state index in [0.717, 1.165) is 22.3 Å². The van der Waals surface area contributed by atoms with E-state index in [9.17, 15) is 25.1 Å². The number of hydrogen-bond acceptors (Lipinski definition) is 7. The monoisotopic (exact) mass is 514 g/mol. The fourth-order valence-corrected chi connectivity index (χ4v) is 4.79. The lowest BCUT2D eigenvalue weighted by molar-refractivity contribution is -0.384. The molecule has 2 atom stereocenters. The van der Waals surface area contributed by atoms with Gasteiger partial charge in [0.15, 0.2) is 0 Å². The van der Waals surface area contributed by atoms with Crippen molar-refractivity contribution in [3.8, 4) is 16.8 Å². The predicted octanol–water partition coefficient (Wildman–Crippen LogP) is 4.10. The summed E-state index contributed by atoms with van der Waals surface area (Å²) in [4.78, 5) is 23.1. The van der Waals surface area contributed by atoms with Gasteiger partial charge < -0.3 is 20.3 Å².